The zero-order valence-electron chi connectivity index (χ0n) is 17.0. The van der Waals surface area contributed by atoms with E-state index in [4.69, 9.17) is 0 Å². The molecule has 1 fully saturated rings. The van der Waals surface area contributed by atoms with Crippen LogP contribution in [0.3, 0.4) is 0 Å². The van der Waals surface area contributed by atoms with Crippen LogP contribution in [0.2, 0.25) is 0 Å². The molecule has 5 rings (SSSR count). The average Bonchev–Trinajstić information content (AvgIpc) is 3.42. The van der Waals surface area contributed by atoms with Crippen molar-refractivity contribution in [1.29, 1.82) is 0 Å². The lowest BCUT2D eigenvalue weighted by atomic mass is 10.0. The Morgan fingerprint density at radius 3 is 2.52 bits per heavy atom. The number of fused-ring (bicyclic) bond motifs is 1. The molecule has 0 aliphatic carbocycles. The highest BCUT2D eigenvalue weighted by molar-refractivity contribution is 7.16. The van der Waals surface area contributed by atoms with Crippen molar-refractivity contribution in [2.75, 3.05) is 13.1 Å². The lowest BCUT2D eigenvalue weighted by Crippen LogP contribution is -2.39. The molecule has 1 saturated heterocycles. The molecule has 2 aromatic carbocycles. The summed E-state index contributed by atoms with van der Waals surface area (Å²) in [6.07, 6.45) is 5.12. The number of H-pyrrole nitrogens is 1. The number of amides is 1. The molecular formula is C25H23N3O2S. The van der Waals surface area contributed by atoms with Crippen molar-refractivity contribution in [3.63, 3.8) is 0 Å². The van der Waals surface area contributed by atoms with Gasteiger partial charge in [0.2, 0.25) is 5.91 Å². The highest BCUT2D eigenvalue weighted by atomic mass is 32.1. The molecule has 0 atom stereocenters. The summed E-state index contributed by atoms with van der Waals surface area (Å²) >= 11 is 1.68. The Hall–Kier alpha value is -3.38. The van der Waals surface area contributed by atoms with E-state index in [0.29, 0.717) is 13.1 Å². The third-order valence-corrected chi connectivity index (χ3v) is 6.94. The van der Waals surface area contributed by atoms with Crippen LogP contribution in [0.1, 0.15) is 23.8 Å². The van der Waals surface area contributed by atoms with Crippen LogP contribution in [-0.4, -0.2) is 33.4 Å². The Labute approximate surface area is 184 Å². The number of hydrogen-bond donors (Lipinski definition) is 1. The predicted octanol–water partition coefficient (Wildman–Crippen LogP) is 4.94. The van der Waals surface area contributed by atoms with Gasteiger partial charge in [-0.15, -0.1) is 11.3 Å². The Bertz CT molecular complexity index is 1290. The molecule has 0 radical (unpaired) electrons. The number of nitrogens with one attached hydrogen (secondary N) is 1. The fraction of sp³-hybridized carbons (Fsp3) is 0.200. The maximum atomic E-state index is 12.7. The van der Waals surface area contributed by atoms with E-state index in [1.54, 1.807) is 17.4 Å². The quantitative estimate of drug-likeness (QED) is 0.468. The summed E-state index contributed by atoms with van der Waals surface area (Å²) in [5.41, 5.74) is 2.91. The molecule has 4 aromatic rings. The van der Waals surface area contributed by atoms with Crippen molar-refractivity contribution in [2.45, 2.75) is 18.9 Å². The number of rotatable bonds is 4. The van der Waals surface area contributed by atoms with E-state index >= 15 is 0 Å². The van der Waals surface area contributed by atoms with Crippen molar-refractivity contribution in [1.82, 2.24) is 14.5 Å². The van der Waals surface area contributed by atoms with E-state index in [1.165, 1.54) is 10.4 Å². The summed E-state index contributed by atoms with van der Waals surface area (Å²) < 4.78 is 1.85. The highest BCUT2D eigenvalue weighted by Gasteiger charge is 2.25. The number of carbonyl (C=O) groups excluding carboxylic acids is 1. The van der Waals surface area contributed by atoms with Crippen molar-refractivity contribution < 1.29 is 4.79 Å². The van der Waals surface area contributed by atoms with Crippen LogP contribution >= 0.6 is 11.3 Å². The summed E-state index contributed by atoms with van der Waals surface area (Å²) in [6, 6.07) is 22.3. The lowest BCUT2D eigenvalue weighted by molar-refractivity contribution is -0.127. The summed E-state index contributed by atoms with van der Waals surface area (Å²) in [4.78, 5) is 32.2. The van der Waals surface area contributed by atoms with Crippen LogP contribution in [0.5, 0.6) is 0 Å². The molecule has 5 nitrogen and oxygen atoms in total. The minimum atomic E-state index is -0.0715. The van der Waals surface area contributed by atoms with Gasteiger partial charge in [0.15, 0.2) is 0 Å². The third-order valence-electron chi connectivity index (χ3n) is 5.84. The number of imidazole rings is 1. The van der Waals surface area contributed by atoms with Gasteiger partial charge in [0.25, 0.3) is 0 Å². The minimum absolute atomic E-state index is 0.0272. The van der Waals surface area contributed by atoms with Crippen molar-refractivity contribution in [2.24, 2.45) is 0 Å². The topological polar surface area (TPSA) is 58.1 Å². The molecule has 1 N–H and O–H groups in total. The number of benzene rings is 2. The molecule has 1 amide bonds. The van der Waals surface area contributed by atoms with Gasteiger partial charge < -0.3 is 9.88 Å². The van der Waals surface area contributed by atoms with Gasteiger partial charge in [-0.3, -0.25) is 9.36 Å². The molecule has 0 saturated carbocycles. The van der Waals surface area contributed by atoms with E-state index < -0.39 is 0 Å². The van der Waals surface area contributed by atoms with E-state index in [-0.39, 0.29) is 17.6 Å². The molecule has 6 heteroatoms. The lowest BCUT2D eigenvalue weighted by Gasteiger charge is -2.32. The first kappa shape index (κ1) is 19.6. The molecule has 3 heterocycles. The summed E-state index contributed by atoms with van der Waals surface area (Å²) in [7, 11) is 0. The Kier molecular flexibility index (Phi) is 5.30. The maximum Gasteiger partial charge on any atom is 0.326 e. The van der Waals surface area contributed by atoms with Crippen molar-refractivity contribution in [3.05, 3.63) is 88.2 Å². The number of nitrogens with zero attached hydrogens (tertiary/aromatic N) is 2. The predicted molar refractivity (Wildman–Crippen MR) is 126 cm³/mol. The van der Waals surface area contributed by atoms with Gasteiger partial charge in [-0.2, -0.15) is 0 Å². The van der Waals surface area contributed by atoms with Crippen LogP contribution in [0, 0.1) is 0 Å². The number of piperidine rings is 1. The first-order chi connectivity index (χ1) is 15.2. The van der Waals surface area contributed by atoms with Crippen molar-refractivity contribution >= 4 is 34.4 Å². The fourth-order valence-electron chi connectivity index (χ4n) is 4.24. The molecule has 0 spiro atoms. The second kappa shape index (κ2) is 8.40. The van der Waals surface area contributed by atoms with Gasteiger partial charge in [-0.1, -0.05) is 42.5 Å². The summed E-state index contributed by atoms with van der Waals surface area (Å²) in [5, 5.41) is 0. The second-order valence-corrected chi connectivity index (χ2v) is 8.89. The Morgan fingerprint density at radius 1 is 0.968 bits per heavy atom. The van der Waals surface area contributed by atoms with Gasteiger partial charge in [0.1, 0.15) is 0 Å². The van der Waals surface area contributed by atoms with Crippen LogP contribution in [0.15, 0.2) is 77.6 Å². The van der Waals surface area contributed by atoms with Gasteiger partial charge in [0, 0.05) is 35.0 Å². The number of hydrogen-bond acceptors (Lipinski definition) is 3. The summed E-state index contributed by atoms with van der Waals surface area (Å²) in [6.45, 7) is 1.30. The Morgan fingerprint density at radius 2 is 1.71 bits per heavy atom. The van der Waals surface area contributed by atoms with Crippen molar-refractivity contribution in [3.8, 4) is 10.4 Å². The van der Waals surface area contributed by atoms with E-state index in [1.807, 2.05) is 64.1 Å². The number of thiophene rings is 1. The second-order valence-electron chi connectivity index (χ2n) is 7.78. The van der Waals surface area contributed by atoms with Crippen LogP contribution in [0.25, 0.3) is 27.6 Å². The molecule has 2 aromatic heterocycles. The SMILES string of the molecule is O=C(/C=C/c1ccc(-c2ccccc2)s1)N1CCC(n2c(=O)[nH]c3ccccc32)CC1. The molecule has 31 heavy (non-hydrogen) atoms. The molecule has 0 unspecified atom stereocenters. The number of para-hydroxylation sites is 2. The van der Waals surface area contributed by atoms with Gasteiger partial charge in [0.05, 0.1) is 11.0 Å². The number of carbonyl (C=O) groups is 1. The van der Waals surface area contributed by atoms with Crippen LogP contribution in [0.4, 0.5) is 0 Å². The van der Waals surface area contributed by atoms with E-state index in [0.717, 1.165) is 28.8 Å². The van der Waals surface area contributed by atoms with E-state index in [2.05, 4.69) is 23.2 Å². The number of aromatic nitrogens is 2. The normalized spacial score (nSPS) is 15.2. The minimum Gasteiger partial charge on any atom is -0.339 e. The average molecular weight is 430 g/mol. The number of likely N-dealkylation sites (tertiary alicyclic amines) is 1. The van der Waals surface area contributed by atoms with Crippen LogP contribution < -0.4 is 5.69 Å². The van der Waals surface area contributed by atoms with Gasteiger partial charge in [-0.05, 0) is 48.7 Å². The maximum absolute atomic E-state index is 12.7. The molecule has 1 aliphatic heterocycles. The molecular weight excluding hydrogens is 406 g/mol. The molecule has 0 bridgehead atoms. The third kappa shape index (κ3) is 3.99. The molecule has 156 valence electrons. The first-order valence-corrected chi connectivity index (χ1v) is 11.3. The highest BCUT2D eigenvalue weighted by Crippen LogP contribution is 2.29. The smallest absolute Gasteiger partial charge is 0.326 e. The van der Waals surface area contributed by atoms with E-state index in [9.17, 15) is 9.59 Å². The summed E-state index contributed by atoms with van der Waals surface area (Å²) in [5.74, 6) is 0.0272. The zero-order valence-corrected chi connectivity index (χ0v) is 17.8. The first-order valence-electron chi connectivity index (χ1n) is 10.5. The molecule has 1 aliphatic rings. The number of aromatic amines is 1. The monoisotopic (exact) mass is 429 g/mol. The van der Waals surface area contributed by atoms with Crippen LogP contribution in [-0.2, 0) is 4.79 Å². The zero-order chi connectivity index (χ0) is 21.2. The fourth-order valence-corrected chi connectivity index (χ4v) is 5.16. The van der Waals surface area contributed by atoms with Gasteiger partial charge >= 0.3 is 5.69 Å². The Balaban J connectivity index is 1.23. The van der Waals surface area contributed by atoms with Gasteiger partial charge in [-0.25, -0.2) is 4.79 Å². The largest absolute Gasteiger partial charge is 0.339 e. The standard InChI is InChI=1S/C25H23N3O2S/c29-24(13-11-20-10-12-23(31-20)18-6-2-1-3-7-18)27-16-14-19(15-17-27)28-22-9-5-4-8-21(22)26-25(28)30/h1-13,19H,14-17H2,(H,26,30)/b13-11+.